The summed E-state index contributed by atoms with van der Waals surface area (Å²) in [6.07, 6.45) is 3.11. The van der Waals surface area contributed by atoms with Gasteiger partial charge in [-0.25, -0.2) is 4.39 Å². The van der Waals surface area contributed by atoms with Gasteiger partial charge in [-0.2, -0.15) is 0 Å². The summed E-state index contributed by atoms with van der Waals surface area (Å²) >= 11 is 0. The number of nitrogens with one attached hydrogen (secondary N) is 2. The average molecular weight is 535 g/mol. The Morgan fingerprint density at radius 1 is 1.18 bits per heavy atom. The minimum Gasteiger partial charge on any atom is -0.381 e. The minimum absolute atomic E-state index is 0.208. The van der Waals surface area contributed by atoms with Crippen LogP contribution in [0.2, 0.25) is 0 Å². The highest BCUT2D eigenvalue weighted by Crippen LogP contribution is 2.40. The number of halogens is 1. The van der Waals surface area contributed by atoms with E-state index in [2.05, 4.69) is 49.8 Å². The van der Waals surface area contributed by atoms with Crippen LogP contribution in [0.5, 0.6) is 0 Å². The summed E-state index contributed by atoms with van der Waals surface area (Å²) in [5.41, 5.74) is 5.61. The summed E-state index contributed by atoms with van der Waals surface area (Å²) < 4.78 is 14.9. The summed E-state index contributed by atoms with van der Waals surface area (Å²) in [7, 11) is 0. The molecule has 0 bridgehead atoms. The molecule has 2 amide bonds. The van der Waals surface area contributed by atoms with Crippen LogP contribution in [-0.2, 0) is 29.2 Å². The smallest absolute Gasteiger partial charge is 0.246 e. The third kappa shape index (κ3) is 7.27. The zero-order valence-electron chi connectivity index (χ0n) is 24.1. The van der Waals surface area contributed by atoms with Crippen LogP contribution in [0.25, 0.3) is 0 Å². The first-order chi connectivity index (χ1) is 18.4. The lowest BCUT2D eigenvalue weighted by molar-refractivity contribution is -0.134. The Kier molecular flexibility index (Phi) is 8.50. The van der Waals surface area contributed by atoms with Crippen molar-refractivity contribution in [3.8, 4) is 0 Å². The molecule has 2 aromatic rings. The van der Waals surface area contributed by atoms with Crippen molar-refractivity contribution in [2.24, 2.45) is 10.8 Å². The Balaban J connectivity index is 1.48. The van der Waals surface area contributed by atoms with E-state index in [1.165, 1.54) is 11.3 Å². The van der Waals surface area contributed by atoms with Gasteiger partial charge < -0.3 is 15.5 Å². The van der Waals surface area contributed by atoms with Crippen LogP contribution in [0.15, 0.2) is 48.7 Å². The molecule has 2 heterocycles. The number of piperidine rings is 2. The molecule has 2 N–H and O–H groups in total. The number of nitrogens with zero attached hydrogens (tertiary/aromatic N) is 2. The Hall–Kier alpha value is -3.19. The number of anilines is 1. The Bertz CT molecular complexity index is 1220. The molecular weight excluding hydrogens is 491 g/mol. The Labute approximate surface area is 232 Å². The second-order valence-electron chi connectivity index (χ2n) is 13.0. The Morgan fingerprint density at radius 2 is 1.90 bits per heavy atom. The van der Waals surface area contributed by atoms with Crippen molar-refractivity contribution in [2.45, 2.75) is 79.6 Å². The molecule has 39 heavy (non-hydrogen) atoms. The van der Waals surface area contributed by atoms with E-state index < -0.39 is 6.04 Å². The van der Waals surface area contributed by atoms with Crippen molar-refractivity contribution in [1.29, 1.82) is 0 Å². The third-order valence-electron chi connectivity index (χ3n) is 7.85. The van der Waals surface area contributed by atoms with Gasteiger partial charge in [0.1, 0.15) is 11.9 Å². The standard InChI is InChI=1S/C32H43FN4O2/c1-22-8-7-9-28(26(22)17-37(21-38)29-13-10-23(2)35-30(29)39)34-15-25-14-24(11-12-27(25)33)16-36-19-31(3,4)18-32(5,6)20-36/h7-9,11-12,14,21,29,34H,2,10,13,15-20H2,1,3-6H3,(H,35,39). The first-order valence-corrected chi connectivity index (χ1v) is 13.9. The third-order valence-corrected chi connectivity index (χ3v) is 7.85. The van der Waals surface area contributed by atoms with Gasteiger partial charge in [-0.1, -0.05) is 52.5 Å². The van der Waals surface area contributed by atoms with Gasteiger partial charge in [-0.15, -0.1) is 0 Å². The predicted molar refractivity (Wildman–Crippen MR) is 154 cm³/mol. The fraction of sp³-hybridized carbons (Fsp3) is 0.500. The van der Waals surface area contributed by atoms with Crippen LogP contribution in [0.4, 0.5) is 10.1 Å². The molecule has 2 aliphatic rings. The van der Waals surface area contributed by atoms with E-state index in [4.69, 9.17) is 0 Å². The zero-order valence-corrected chi connectivity index (χ0v) is 24.1. The number of aryl methyl sites for hydroxylation is 1. The topological polar surface area (TPSA) is 64.7 Å². The van der Waals surface area contributed by atoms with Crippen molar-refractivity contribution >= 4 is 18.0 Å². The number of allylic oxidation sites excluding steroid dienone is 1. The SMILES string of the molecule is C=C1CCC(N(C=O)Cc2c(C)cccc2NCc2cc(CN3CC(C)(C)CC(C)(C)C3)ccc2F)C(=O)N1. The van der Waals surface area contributed by atoms with E-state index in [0.29, 0.717) is 30.6 Å². The maximum atomic E-state index is 14.9. The van der Waals surface area contributed by atoms with Crippen molar-refractivity contribution in [1.82, 2.24) is 15.1 Å². The molecule has 0 aromatic heterocycles. The lowest BCUT2D eigenvalue weighted by atomic mass is 9.71. The molecule has 2 saturated heterocycles. The van der Waals surface area contributed by atoms with Gasteiger partial charge in [0.15, 0.2) is 0 Å². The van der Waals surface area contributed by atoms with Gasteiger partial charge in [-0.05, 0) is 71.9 Å². The van der Waals surface area contributed by atoms with Crippen LogP contribution >= 0.6 is 0 Å². The van der Waals surface area contributed by atoms with Crippen LogP contribution in [0, 0.1) is 23.6 Å². The summed E-state index contributed by atoms with van der Waals surface area (Å²) in [5, 5.41) is 6.17. The van der Waals surface area contributed by atoms with E-state index >= 15 is 0 Å². The normalized spacial score (nSPS) is 20.8. The monoisotopic (exact) mass is 534 g/mol. The second-order valence-corrected chi connectivity index (χ2v) is 13.0. The van der Waals surface area contributed by atoms with E-state index in [0.717, 1.165) is 48.4 Å². The van der Waals surface area contributed by atoms with Crippen molar-refractivity contribution in [3.63, 3.8) is 0 Å². The van der Waals surface area contributed by atoms with Crippen molar-refractivity contribution in [2.75, 3.05) is 18.4 Å². The fourth-order valence-corrected chi connectivity index (χ4v) is 6.66. The molecule has 7 heteroatoms. The molecule has 0 aliphatic carbocycles. The molecule has 210 valence electrons. The Morgan fingerprint density at radius 3 is 2.56 bits per heavy atom. The number of amides is 2. The van der Waals surface area contributed by atoms with Crippen LogP contribution in [-0.4, -0.2) is 41.2 Å². The lowest BCUT2D eigenvalue weighted by Crippen LogP contribution is -2.48. The van der Waals surface area contributed by atoms with E-state index in [-0.39, 0.29) is 29.1 Å². The molecule has 2 aliphatic heterocycles. The second kappa shape index (κ2) is 11.5. The number of likely N-dealkylation sites (tertiary alicyclic amines) is 1. The first kappa shape index (κ1) is 28.8. The van der Waals surface area contributed by atoms with E-state index in [1.807, 2.05) is 37.3 Å². The molecule has 0 radical (unpaired) electrons. The molecule has 0 spiro atoms. The molecule has 2 fully saturated rings. The van der Waals surface area contributed by atoms with Crippen LogP contribution in [0.1, 0.15) is 69.2 Å². The first-order valence-electron chi connectivity index (χ1n) is 13.9. The highest BCUT2D eigenvalue weighted by atomic mass is 19.1. The summed E-state index contributed by atoms with van der Waals surface area (Å²) in [5.74, 6) is -0.450. The molecule has 4 rings (SSSR count). The molecular formula is C32H43FN4O2. The minimum atomic E-state index is -0.542. The fourth-order valence-electron chi connectivity index (χ4n) is 6.66. The molecule has 6 nitrogen and oxygen atoms in total. The highest BCUT2D eigenvalue weighted by Gasteiger charge is 2.37. The number of carbonyl (C=O) groups excluding carboxylic acids is 2. The molecule has 1 atom stereocenters. The van der Waals surface area contributed by atoms with Crippen molar-refractivity contribution < 1.29 is 14.0 Å². The van der Waals surface area contributed by atoms with Gasteiger partial charge in [0.2, 0.25) is 12.3 Å². The number of hydrogen-bond donors (Lipinski definition) is 2. The molecule has 2 aromatic carbocycles. The lowest BCUT2D eigenvalue weighted by Gasteiger charge is -2.47. The van der Waals surface area contributed by atoms with Gasteiger partial charge >= 0.3 is 0 Å². The maximum Gasteiger partial charge on any atom is 0.246 e. The van der Waals surface area contributed by atoms with Crippen LogP contribution < -0.4 is 10.6 Å². The number of rotatable bonds is 9. The average Bonchev–Trinajstić information content (AvgIpc) is 2.82. The van der Waals surface area contributed by atoms with E-state index in [1.54, 1.807) is 6.07 Å². The van der Waals surface area contributed by atoms with E-state index in [9.17, 15) is 14.0 Å². The predicted octanol–water partition coefficient (Wildman–Crippen LogP) is 5.76. The summed E-state index contributed by atoms with van der Waals surface area (Å²) in [6, 6.07) is 10.7. The largest absolute Gasteiger partial charge is 0.381 e. The van der Waals surface area contributed by atoms with Crippen LogP contribution in [0.3, 0.4) is 0 Å². The number of carbonyl (C=O) groups is 2. The quantitative estimate of drug-likeness (QED) is 0.402. The summed E-state index contributed by atoms with van der Waals surface area (Å²) in [4.78, 5) is 28.6. The van der Waals surface area contributed by atoms with Gasteiger partial charge in [0, 0.05) is 49.7 Å². The van der Waals surface area contributed by atoms with Crippen molar-refractivity contribution in [3.05, 3.63) is 76.7 Å². The van der Waals surface area contributed by atoms with Gasteiger partial charge in [-0.3, -0.25) is 14.5 Å². The molecule has 1 unspecified atom stereocenters. The maximum absolute atomic E-state index is 14.9. The number of hydrogen-bond acceptors (Lipinski definition) is 4. The number of benzene rings is 2. The zero-order chi connectivity index (χ0) is 28.4. The summed E-state index contributed by atoms with van der Waals surface area (Å²) in [6.45, 7) is 18.5. The molecule has 0 saturated carbocycles. The van der Waals surface area contributed by atoms with Gasteiger partial charge in [0.25, 0.3) is 0 Å². The van der Waals surface area contributed by atoms with Gasteiger partial charge in [0.05, 0.1) is 0 Å². The highest BCUT2D eigenvalue weighted by molar-refractivity contribution is 5.86.